The van der Waals surface area contributed by atoms with E-state index < -0.39 is 0 Å². The molecule has 17 heavy (non-hydrogen) atoms. The molecule has 1 aliphatic rings. The smallest absolute Gasteiger partial charge is 0.0967 e. The van der Waals surface area contributed by atoms with Crippen LogP contribution in [0.5, 0.6) is 0 Å². The average molecular weight is 260 g/mol. The van der Waals surface area contributed by atoms with Crippen molar-refractivity contribution in [1.29, 1.82) is 0 Å². The van der Waals surface area contributed by atoms with Gasteiger partial charge in [-0.05, 0) is 32.2 Å². The van der Waals surface area contributed by atoms with E-state index in [-0.39, 0.29) is 12.4 Å². The Hall–Kier alpha value is -0.650. The normalized spacial score (nSPS) is 23.1. The molecular weight excluding hydrogens is 238 g/mol. The summed E-state index contributed by atoms with van der Waals surface area (Å²) in [6.45, 7) is 5.25. The lowest BCUT2D eigenvalue weighted by Gasteiger charge is -2.34. The van der Waals surface area contributed by atoms with Gasteiger partial charge in [-0.25, -0.2) is 0 Å². The maximum atomic E-state index is 5.97. The number of rotatable bonds is 3. The van der Waals surface area contributed by atoms with Crippen LogP contribution in [0.4, 0.5) is 0 Å². The zero-order valence-corrected chi connectivity index (χ0v) is 11.4. The summed E-state index contributed by atoms with van der Waals surface area (Å²) >= 11 is 0. The Morgan fingerprint density at radius 2 is 2.35 bits per heavy atom. The van der Waals surface area contributed by atoms with Gasteiger partial charge in [0.15, 0.2) is 0 Å². The van der Waals surface area contributed by atoms with Crippen molar-refractivity contribution >= 4 is 12.4 Å². The first-order valence-corrected chi connectivity index (χ1v) is 5.98. The fourth-order valence-corrected chi connectivity index (χ4v) is 2.36. The summed E-state index contributed by atoms with van der Waals surface area (Å²) in [7, 11) is 1.90. The molecule has 0 amide bonds. The van der Waals surface area contributed by atoms with Crippen LogP contribution >= 0.6 is 12.4 Å². The van der Waals surface area contributed by atoms with Gasteiger partial charge in [-0.15, -0.1) is 17.5 Å². The van der Waals surface area contributed by atoms with Crippen LogP contribution in [-0.2, 0) is 13.6 Å². The number of piperidine rings is 1. The minimum Gasteiger partial charge on any atom is -0.328 e. The molecule has 2 N–H and O–H groups in total. The van der Waals surface area contributed by atoms with Crippen molar-refractivity contribution in [3.63, 3.8) is 0 Å². The highest BCUT2D eigenvalue weighted by Crippen LogP contribution is 2.19. The van der Waals surface area contributed by atoms with E-state index in [0.717, 1.165) is 25.3 Å². The molecule has 1 fully saturated rings. The van der Waals surface area contributed by atoms with Gasteiger partial charge in [0.05, 0.1) is 5.69 Å². The van der Waals surface area contributed by atoms with Crippen LogP contribution in [0.1, 0.15) is 25.5 Å². The minimum absolute atomic E-state index is 0. The number of likely N-dealkylation sites (tertiary alicyclic amines) is 1. The van der Waals surface area contributed by atoms with E-state index in [1.54, 1.807) is 4.68 Å². The molecule has 2 atom stereocenters. The van der Waals surface area contributed by atoms with Gasteiger partial charge in [-0.3, -0.25) is 9.58 Å². The van der Waals surface area contributed by atoms with Gasteiger partial charge < -0.3 is 5.73 Å². The van der Waals surface area contributed by atoms with Crippen molar-refractivity contribution in [1.82, 2.24) is 19.9 Å². The lowest BCUT2D eigenvalue weighted by Crippen LogP contribution is -2.41. The molecule has 1 aliphatic heterocycles. The number of aromatic nitrogens is 3. The fourth-order valence-electron chi connectivity index (χ4n) is 2.36. The number of hydrogen-bond donors (Lipinski definition) is 1. The van der Waals surface area contributed by atoms with Crippen molar-refractivity contribution in [2.75, 3.05) is 13.1 Å². The second-order valence-corrected chi connectivity index (χ2v) is 4.88. The topological polar surface area (TPSA) is 60.0 Å². The Morgan fingerprint density at radius 3 is 2.94 bits per heavy atom. The molecule has 0 aliphatic carbocycles. The third-order valence-electron chi connectivity index (χ3n) is 3.32. The highest BCUT2D eigenvalue weighted by atomic mass is 35.5. The van der Waals surface area contributed by atoms with E-state index in [2.05, 4.69) is 22.1 Å². The average Bonchev–Trinajstić information content (AvgIpc) is 2.64. The van der Waals surface area contributed by atoms with Gasteiger partial charge in [0, 0.05) is 32.4 Å². The van der Waals surface area contributed by atoms with Crippen molar-refractivity contribution in [3.05, 3.63) is 11.9 Å². The Morgan fingerprint density at radius 1 is 1.59 bits per heavy atom. The highest BCUT2D eigenvalue weighted by Gasteiger charge is 2.22. The third kappa shape index (κ3) is 3.94. The van der Waals surface area contributed by atoms with E-state index in [4.69, 9.17) is 5.73 Å². The summed E-state index contributed by atoms with van der Waals surface area (Å²) in [5.41, 5.74) is 7.02. The number of hydrogen-bond acceptors (Lipinski definition) is 4. The molecule has 0 aromatic carbocycles. The molecule has 0 radical (unpaired) electrons. The van der Waals surface area contributed by atoms with Gasteiger partial charge in [-0.1, -0.05) is 5.21 Å². The summed E-state index contributed by atoms with van der Waals surface area (Å²) in [5.74, 6) is 0.630. The summed E-state index contributed by atoms with van der Waals surface area (Å²) in [6, 6.07) is 0.296. The van der Waals surface area contributed by atoms with E-state index in [1.165, 1.54) is 12.8 Å². The summed E-state index contributed by atoms with van der Waals surface area (Å²) in [6.07, 6.45) is 4.48. The second kappa shape index (κ2) is 6.33. The Labute approximate surface area is 109 Å². The maximum Gasteiger partial charge on any atom is 0.0967 e. The Bertz CT molecular complexity index is 338. The van der Waals surface area contributed by atoms with Crippen LogP contribution in [-0.4, -0.2) is 39.0 Å². The van der Waals surface area contributed by atoms with Crippen molar-refractivity contribution in [2.45, 2.75) is 32.4 Å². The largest absolute Gasteiger partial charge is 0.328 e. The predicted octanol–water partition coefficient (Wildman–Crippen LogP) is 0.796. The van der Waals surface area contributed by atoms with Gasteiger partial charge in [0.1, 0.15) is 0 Å². The molecule has 0 saturated carbocycles. The standard InChI is InChI=1S/C11H21N5.ClH/c1-9(12)10-4-3-5-16(6-10)8-11-7-15(2)14-13-11;/h7,9-10H,3-6,8,12H2,1-2H3;1H. The van der Waals surface area contributed by atoms with Crippen molar-refractivity contribution in [2.24, 2.45) is 18.7 Å². The molecule has 98 valence electrons. The van der Waals surface area contributed by atoms with Crippen LogP contribution in [0, 0.1) is 5.92 Å². The van der Waals surface area contributed by atoms with Crippen molar-refractivity contribution in [3.8, 4) is 0 Å². The predicted molar refractivity (Wildman–Crippen MR) is 69.9 cm³/mol. The maximum absolute atomic E-state index is 5.97. The molecule has 0 spiro atoms. The zero-order valence-electron chi connectivity index (χ0n) is 10.5. The van der Waals surface area contributed by atoms with E-state index in [1.807, 2.05) is 13.2 Å². The molecular formula is C11H22ClN5. The zero-order chi connectivity index (χ0) is 11.5. The second-order valence-electron chi connectivity index (χ2n) is 4.88. The number of halogens is 1. The summed E-state index contributed by atoms with van der Waals surface area (Å²) in [4.78, 5) is 2.43. The van der Waals surface area contributed by atoms with Gasteiger partial charge >= 0.3 is 0 Å². The first-order valence-electron chi connectivity index (χ1n) is 5.98. The minimum atomic E-state index is 0. The lowest BCUT2D eigenvalue weighted by atomic mass is 9.92. The SMILES string of the molecule is CC(N)C1CCCN(Cc2cn(C)nn2)C1.Cl. The van der Waals surface area contributed by atoms with E-state index >= 15 is 0 Å². The first-order chi connectivity index (χ1) is 7.65. The molecule has 1 aromatic rings. The molecule has 1 saturated heterocycles. The molecule has 1 aromatic heterocycles. The lowest BCUT2D eigenvalue weighted by molar-refractivity contribution is 0.153. The third-order valence-corrected chi connectivity index (χ3v) is 3.32. The monoisotopic (exact) mass is 259 g/mol. The molecule has 0 bridgehead atoms. The number of nitrogens with zero attached hydrogens (tertiary/aromatic N) is 4. The van der Waals surface area contributed by atoms with Crippen LogP contribution in [0.2, 0.25) is 0 Å². The van der Waals surface area contributed by atoms with Crippen LogP contribution in [0.15, 0.2) is 6.20 Å². The quantitative estimate of drug-likeness (QED) is 0.872. The van der Waals surface area contributed by atoms with Gasteiger partial charge in [-0.2, -0.15) is 0 Å². The van der Waals surface area contributed by atoms with Crippen molar-refractivity contribution < 1.29 is 0 Å². The number of nitrogens with two attached hydrogens (primary N) is 1. The Balaban J connectivity index is 0.00000144. The summed E-state index contributed by atoms with van der Waals surface area (Å²) in [5, 5.41) is 8.07. The highest BCUT2D eigenvalue weighted by molar-refractivity contribution is 5.85. The molecule has 2 rings (SSSR count). The van der Waals surface area contributed by atoms with Gasteiger partial charge in [0.25, 0.3) is 0 Å². The fraction of sp³-hybridized carbons (Fsp3) is 0.818. The van der Waals surface area contributed by atoms with E-state index in [0.29, 0.717) is 12.0 Å². The summed E-state index contributed by atoms with van der Waals surface area (Å²) < 4.78 is 1.75. The molecule has 6 heteroatoms. The first kappa shape index (κ1) is 14.4. The Kier molecular flexibility index (Phi) is 5.36. The van der Waals surface area contributed by atoms with Crippen LogP contribution < -0.4 is 5.73 Å². The van der Waals surface area contributed by atoms with Gasteiger partial charge in [0.2, 0.25) is 0 Å². The van der Waals surface area contributed by atoms with E-state index in [9.17, 15) is 0 Å². The number of aryl methyl sites for hydroxylation is 1. The molecule has 5 nitrogen and oxygen atoms in total. The molecule has 2 heterocycles. The van der Waals surface area contributed by atoms with Crippen LogP contribution in [0.25, 0.3) is 0 Å². The molecule has 2 unspecified atom stereocenters. The van der Waals surface area contributed by atoms with Crippen LogP contribution in [0.3, 0.4) is 0 Å².